The molecule has 0 rings (SSSR count). The number of hydrogen-bond acceptors (Lipinski definition) is 3. The van der Waals surface area contributed by atoms with Crippen LogP contribution in [0.1, 0.15) is 27.7 Å². The highest BCUT2D eigenvalue weighted by molar-refractivity contribution is 6.86. The molecule has 0 fully saturated rings. The van der Waals surface area contributed by atoms with Gasteiger partial charge in [-0.3, -0.25) is 0 Å². The summed E-state index contributed by atoms with van der Waals surface area (Å²) in [5, 5.41) is 1.43. The molecule has 4 heteroatoms. The van der Waals surface area contributed by atoms with Crippen LogP contribution in [0.5, 0.6) is 0 Å². The first-order valence-electron chi connectivity index (χ1n) is 5.94. The van der Waals surface area contributed by atoms with E-state index in [0.29, 0.717) is 6.61 Å². The molecule has 0 aliphatic rings. The van der Waals surface area contributed by atoms with Crippen LogP contribution < -0.4 is 0 Å². The Hall–Kier alpha value is -0.773. The molecule has 0 heterocycles. The van der Waals surface area contributed by atoms with Gasteiger partial charge in [-0.05, 0) is 6.92 Å². The van der Waals surface area contributed by atoms with Crippen LogP contribution in [0, 0.1) is 0 Å². The summed E-state index contributed by atoms with van der Waals surface area (Å²) in [7, 11) is 0.0475. The highest BCUT2D eigenvalue weighted by Gasteiger charge is 2.28. The minimum atomic E-state index is -1.27. The molecule has 0 unspecified atom stereocenters. The monoisotopic (exact) mass is 244 g/mol. The minimum Gasteiger partial charge on any atom is -0.438 e. The first-order chi connectivity index (χ1) is 7.56. The Bertz CT molecular complexity index is 236. The second kappa shape index (κ2) is 7.49. The fraction of sp³-hybridized carbons (Fsp3) is 0.750. The molecule has 0 aliphatic heterocycles. The van der Waals surface area contributed by atoms with Crippen molar-refractivity contribution in [2.45, 2.75) is 45.8 Å². The fourth-order valence-electron chi connectivity index (χ4n) is 2.10. The first-order valence-corrected chi connectivity index (χ1v) is 8.56. The molecule has 0 atom stereocenters. The van der Waals surface area contributed by atoms with E-state index in [9.17, 15) is 4.79 Å². The second-order valence-corrected chi connectivity index (χ2v) is 9.46. The van der Waals surface area contributed by atoms with Gasteiger partial charge in [0.15, 0.2) is 0 Å². The van der Waals surface area contributed by atoms with Gasteiger partial charge >= 0.3 is 6.16 Å². The van der Waals surface area contributed by atoms with E-state index in [1.807, 2.05) is 6.08 Å². The van der Waals surface area contributed by atoms with Crippen molar-refractivity contribution in [2.24, 2.45) is 0 Å². The van der Waals surface area contributed by atoms with Crippen molar-refractivity contribution in [2.75, 3.05) is 13.7 Å². The van der Waals surface area contributed by atoms with E-state index in [-0.39, 0.29) is 0 Å². The molecule has 0 N–H and O–H groups in total. The largest absolute Gasteiger partial charge is 0.508 e. The Balaban J connectivity index is 4.44. The Morgan fingerprint density at radius 3 is 2.06 bits per heavy atom. The van der Waals surface area contributed by atoms with Crippen LogP contribution in [0.15, 0.2) is 11.3 Å². The van der Waals surface area contributed by atoms with Crippen molar-refractivity contribution in [3.8, 4) is 0 Å². The molecule has 0 aromatic rings. The van der Waals surface area contributed by atoms with E-state index < -0.39 is 14.2 Å². The average Bonchev–Trinajstić information content (AvgIpc) is 2.31. The molecule has 0 spiro atoms. The molecule has 0 radical (unpaired) electrons. The third kappa shape index (κ3) is 4.00. The van der Waals surface area contributed by atoms with Crippen LogP contribution >= 0.6 is 0 Å². The fourth-order valence-corrected chi connectivity index (χ4v) is 5.79. The van der Waals surface area contributed by atoms with Crippen LogP contribution in [0.2, 0.25) is 18.1 Å². The van der Waals surface area contributed by atoms with Crippen molar-refractivity contribution in [1.82, 2.24) is 0 Å². The lowest BCUT2D eigenvalue weighted by Crippen LogP contribution is -2.33. The topological polar surface area (TPSA) is 35.5 Å². The van der Waals surface area contributed by atoms with Crippen LogP contribution in [0.4, 0.5) is 4.79 Å². The Kier molecular flexibility index (Phi) is 7.13. The van der Waals surface area contributed by atoms with Gasteiger partial charge < -0.3 is 9.47 Å². The van der Waals surface area contributed by atoms with Gasteiger partial charge in [0.2, 0.25) is 0 Å². The first kappa shape index (κ1) is 15.2. The molecule has 0 saturated carbocycles. The molecular weight excluding hydrogens is 220 g/mol. The van der Waals surface area contributed by atoms with E-state index in [4.69, 9.17) is 4.74 Å². The zero-order valence-corrected chi connectivity index (χ0v) is 12.1. The molecule has 0 aromatic heterocycles. The van der Waals surface area contributed by atoms with Crippen molar-refractivity contribution >= 4 is 14.2 Å². The molecule has 0 bridgehead atoms. The summed E-state index contributed by atoms with van der Waals surface area (Å²) in [6.07, 6.45) is 1.43. The smallest absolute Gasteiger partial charge is 0.438 e. The summed E-state index contributed by atoms with van der Waals surface area (Å²) < 4.78 is 9.29. The highest BCUT2D eigenvalue weighted by Crippen LogP contribution is 2.27. The summed E-state index contributed by atoms with van der Waals surface area (Å²) in [5.74, 6) is 0. The van der Waals surface area contributed by atoms with Crippen LogP contribution in [0.3, 0.4) is 0 Å². The molecule has 16 heavy (non-hydrogen) atoms. The van der Waals surface area contributed by atoms with Crippen molar-refractivity contribution in [1.29, 1.82) is 0 Å². The predicted octanol–water partition coefficient (Wildman–Crippen LogP) is 3.76. The van der Waals surface area contributed by atoms with Crippen molar-refractivity contribution in [3.63, 3.8) is 0 Å². The molecule has 3 nitrogen and oxygen atoms in total. The maximum Gasteiger partial charge on any atom is 0.508 e. The molecule has 0 aromatic carbocycles. The lowest BCUT2D eigenvalue weighted by atomic mass is 10.5. The minimum absolute atomic E-state index is 0.327. The standard InChI is InChI=1S/C12H24O3Si/c1-6-16(7-2,8-3)11(4)9-10-15-12(13)14-5/h9H,6-8,10H2,1-5H3/b11-9-. The summed E-state index contributed by atoms with van der Waals surface area (Å²) in [5.41, 5.74) is 0. The normalized spacial score (nSPS) is 12.4. The van der Waals surface area contributed by atoms with E-state index in [0.717, 1.165) is 0 Å². The van der Waals surface area contributed by atoms with Gasteiger partial charge in [-0.1, -0.05) is 50.2 Å². The third-order valence-corrected chi connectivity index (χ3v) is 9.56. The number of hydrogen-bond donors (Lipinski definition) is 0. The summed E-state index contributed by atoms with van der Waals surface area (Å²) >= 11 is 0. The summed E-state index contributed by atoms with van der Waals surface area (Å²) in [6, 6.07) is 3.75. The maximum atomic E-state index is 10.8. The molecule has 0 saturated heterocycles. The van der Waals surface area contributed by atoms with Crippen molar-refractivity contribution < 1.29 is 14.3 Å². The van der Waals surface area contributed by atoms with E-state index in [2.05, 4.69) is 32.4 Å². The number of allylic oxidation sites excluding steroid dienone is 1. The predicted molar refractivity (Wildman–Crippen MR) is 69.3 cm³/mol. The lowest BCUT2D eigenvalue weighted by Gasteiger charge is -2.29. The molecular formula is C12H24O3Si. The van der Waals surface area contributed by atoms with Gasteiger partial charge in [-0.15, -0.1) is 0 Å². The maximum absolute atomic E-state index is 10.8. The Morgan fingerprint density at radius 1 is 1.19 bits per heavy atom. The Labute approximate surface area is 99.8 Å². The summed E-state index contributed by atoms with van der Waals surface area (Å²) in [6.45, 7) is 9.28. The molecule has 94 valence electrons. The van der Waals surface area contributed by atoms with Gasteiger partial charge in [0.05, 0.1) is 15.2 Å². The number of rotatable bonds is 6. The highest BCUT2D eigenvalue weighted by atomic mass is 28.3. The SMILES string of the molecule is CC[Si](CC)(CC)/C(C)=C\COC(=O)OC. The number of carbonyl (C=O) groups is 1. The van der Waals surface area contributed by atoms with Crippen LogP contribution in [-0.2, 0) is 9.47 Å². The van der Waals surface area contributed by atoms with Crippen LogP contribution in [-0.4, -0.2) is 27.9 Å². The van der Waals surface area contributed by atoms with Gasteiger partial charge in [-0.25, -0.2) is 4.79 Å². The van der Waals surface area contributed by atoms with Gasteiger partial charge in [0.1, 0.15) is 6.61 Å². The Morgan fingerprint density at radius 2 is 1.69 bits per heavy atom. The average molecular weight is 244 g/mol. The quantitative estimate of drug-likeness (QED) is 0.527. The van der Waals surface area contributed by atoms with Gasteiger partial charge in [-0.2, -0.15) is 0 Å². The zero-order chi connectivity index (χ0) is 12.6. The number of carbonyl (C=O) groups excluding carboxylic acids is 1. The second-order valence-electron chi connectivity index (χ2n) is 3.99. The lowest BCUT2D eigenvalue weighted by molar-refractivity contribution is 0.0817. The van der Waals surface area contributed by atoms with Gasteiger partial charge in [0, 0.05) is 0 Å². The van der Waals surface area contributed by atoms with Crippen LogP contribution in [0.25, 0.3) is 0 Å². The number of methoxy groups -OCH3 is 1. The van der Waals surface area contributed by atoms with E-state index >= 15 is 0 Å². The zero-order valence-electron chi connectivity index (χ0n) is 11.1. The van der Waals surface area contributed by atoms with E-state index in [1.165, 1.54) is 30.4 Å². The van der Waals surface area contributed by atoms with Crippen molar-refractivity contribution in [3.05, 3.63) is 11.3 Å². The van der Waals surface area contributed by atoms with Gasteiger partial charge in [0.25, 0.3) is 0 Å². The molecule has 0 aliphatic carbocycles. The molecule has 0 amide bonds. The van der Waals surface area contributed by atoms with E-state index in [1.54, 1.807) is 0 Å². The third-order valence-electron chi connectivity index (χ3n) is 3.62. The summed E-state index contributed by atoms with van der Waals surface area (Å²) in [4.78, 5) is 10.8. The number of ether oxygens (including phenoxy) is 2.